The number of carbonyl (C=O) groups is 1. The Balaban J connectivity index is 1.87. The number of benzene rings is 2. The summed E-state index contributed by atoms with van der Waals surface area (Å²) in [5, 5.41) is 10.8. The molecule has 31 heavy (non-hydrogen) atoms. The summed E-state index contributed by atoms with van der Waals surface area (Å²) in [4.78, 5) is 16.0. The molecular weight excluding hydrogens is 456 g/mol. The Bertz CT molecular complexity index is 1250. The molecule has 0 saturated heterocycles. The van der Waals surface area contributed by atoms with Crippen molar-refractivity contribution in [3.8, 4) is 5.75 Å². The van der Waals surface area contributed by atoms with Crippen molar-refractivity contribution in [3.63, 3.8) is 0 Å². The van der Waals surface area contributed by atoms with Crippen molar-refractivity contribution < 1.29 is 23.1 Å². The number of nitrogens with one attached hydrogen (secondary N) is 1. The number of anilines is 1. The van der Waals surface area contributed by atoms with Crippen LogP contribution in [-0.4, -0.2) is 31.6 Å². The molecule has 0 atom stereocenters. The zero-order chi connectivity index (χ0) is 22.6. The number of nitrogens with zero attached hydrogens (tertiary/aromatic N) is 1. The van der Waals surface area contributed by atoms with E-state index in [9.17, 15) is 13.2 Å². The highest BCUT2D eigenvalue weighted by Gasteiger charge is 2.21. The van der Waals surface area contributed by atoms with E-state index in [1.54, 1.807) is 23.5 Å². The summed E-state index contributed by atoms with van der Waals surface area (Å²) in [7, 11) is -2.61. The summed E-state index contributed by atoms with van der Waals surface area (Å²) in [5.41, 5.74) is 2.57. The van der Waals surface area contributed by atoms with Crippen LogP contribution in [0.1, 0.15) is 16.8 Å². The second kappa shape index (κ2) is 9.54. The minimum atomic E-state index is -3.98. The third kappa shape index (κ3) is 5.87. The number of aryl methyl sites for hydroxylation is 2. The first-order valence-corrected chi connectivity index (χ1v) is 12.2. The maximum atomic E-state index is 13.1. The normalized spacial score (nSPS) is 11.6. The molecule has 0 aliphatic carbocycles. The van der Waals surface area contributed by atoms with E-state index >= 15 is 0 Å². The summed E-state index contributed by atoms with van der Waals surface area (Å²) in [6.45, 7) is 3.75. The van der Waals surface area contributed by atoms with Crippen LogP contribution in [-0.2, 0) is 14.8 Å². The van der Waals surface area contributed by atoms with E-state index in [4.69, 9.17) is 9.84 Å². The molecule has 0 spiro atoms. The maximum absolute atomic E-state index is 13.1. The van der Waals surface area contributed by atoms with Gasteiger partial charge in [0.2, 0.25) is 0 Å². The van der Waals surface area contributed by atoms with Gasteiger partial charge in [-0.05, 0) is 61.4 Å². The van der Waals surface area contributed by atoms with Crippen LogP contribution in [0, 0.1) is 13.8 Å². The van der Waals surface area contributed by atoms with Crippen LogP contribution >= 0.6 is 23.1 Å². The quantitative estimate of drug-likeness (QED) is 0.449. The van der Waals surface area contributed by atoms with Gasteiger partial charge in [-0.3, -0.25) is 4.72 Å². The first-order valence-electron chi connectivity index (χ1n) is 9.00. The van der Waals surface area contributed by atoms with Crippen molar-refractivity contribution in [2.45, 2.75) is 28.0 Å². The second-order valence-electron chi connectivity index (χ2n) is 6.52. The molecule has 3 aromatic rings. The Labute approximate surface area is 188 Å². The fourth-order valence-corrected chi connectivity index (χ4v) is 5.91. The molecule has 162 valence electrons. The van der Waals surface area contributed by atoms with Crippen molar-refractivity contribution in [2.75, 3.05) is 11.8 Å². The van der Waals surface area contributed by atoms with E-state index in [1.807, 2.05) is 31.4 Å². The SMILES string of the molecule is COc1ccc(/C=C/C(=O)O)cc1S(=O)(=O)Nc1ccc(Sc2nc(C)cs2)cc1C. The Morgan fingerprint density at radius 2 is 2.00 bits per heavy atom. The number of sulfonamides is 1. The van der Waals surface area contributed by atoms with Crippen molar-refractivity contribution in [1.82, 2.24) is 4.98 Å². The minimum absolute atomic E-state index is 0.0846. The number of carboxylic acid groups (broad SMARTS) is 1. The number of aliphatic carboxylic acids is 1. The van der Waals surface area contributed by atoms with Crippen LogP contribution in [0.4, 0.5) is 5.69 Å². The highest BCUT2D eigenvalue weighted by atomic mass is 32.2. The topological polar surface area (TPSA) is 106 Å². The van der Waals surface area contributed by atoms with Gasteiger partial charge in [0.1, 0.15) is 10.6 Å². The molecule has 10 heteroatoms. The standard InChI is InChI=1S/C21H20N2O5S3/c1-13-10-16(30-21-22-14(2)12-29-21)6-7-17(13)23-31(26,27)19-11-15(5-9-20(24)25)4-8-18(19)28-3/h4-12,23H,1-3H3,(H,24,25)/b9-5+. The van der Waals surface area contributed by atoms with E-state index in [1.165, 1.54) is 37.1 Å². The second-order valence-corrected chi connectivity index (χ2v) is 10.4. The fraction of sp³-hybridized carbons (Fsp3) is 0.143. The zero-order valence-corrected chi connectivity index (χ0v) is 19.4. The molecule has 0 radical (unpaired) electrons. The predicted octanol–water partition coefficient (Wildman–Crippen LogP) is 4.82. The molecular formula is C21H20N2O5S3. The fourth-order valence-electron chi connectivity index (χ4n) is 2.67. The summed E-state index contributed by atoms with van der Waals surface area (Å²) in [6, 6.07) is 9.85. The lowest BCUT2D eigenvalue weighted by atomic mass is 10.2. The van der Waals surface area contributed by atoms with Crippen LogP contribution in [0.25, 0.3) is 6.08 Å². The van der Waals surface area contributed by atoms with Crippen LogP contribution in [0.15, 0.2) is 62.0 Å². The van der Waals surface area contributed by atoms with Gasteiger partial charge in [-0.15, -0.1) is 11.3 Å². The smallest absolute Gasteiger partial charge is 0.328 e. The molecule has 0 aliphatic rings. The molecule has 0 amide bonds. The molecule has 3 rings (SSSR count). The zero-order valence-electron chi connectivity index (χ0n) is 16.9. The van der Waals surface area contributed by atoms with Crippen molar-refractivity contribution in [2.24, 2.45) is 0 Å². The lowest BCUT2D eigenvalue weighted by molar-refractivity contribution is -0.131. The molecule has 0 bridgehead atoms. The summed E-state index contributed by atoms with van der Waals surface area (Å²) >= 11 is 3.07. The maximum Gasteiger partial charge on any atom is 0.328 e. The van der Waals surface area contributed by atoms with Crippen molar-refractivity contribution in [3.05, 3.63) is 64.7 Å². The van der Waals surface area contributed by atoms with Crippen LogP contribution in [0.2, 0.25) is 0 Å². The van der Waals surface area contributed by atoms with E-state index in [0.717, 1.165) is 26.6 Å². The number of ether oxygens (including phenoxy) is 1. The lowest BCUT2D eigenvalue weighted by Gasteiger charge is -2.14. The van der Waals surface area contributed by atoms with Crippen LogP contribution in [0.5, 0.6) is 5.75 Å². The van der Waals surface area contributed by atoms with Crippen LogP contribution < -0.4 is 9.46 Å². The van der Waals surface area contributed by atoms with Gasteiger partial charge in [-0.2, -0.15) is 0 Å². The van der Waals surface area contributed by atoms with Gasteiger partial charge in [-0.25, -0.2) is 18.2 Å². The number of carboxylic acids is 1. The molecule has 1 heterocycles. The number of hydrogen-bond donors (Lipinski definition) is 2. The Morgan fingerprint density at radius 1 is 1.23 bits per heavy atom. The molecule has 2 N–H and O–H groups in total. The highest BCUT2D eigenvalue weighted by molar-refractivity contribution is 8.01. The Kier molecular flexibility index (Phi) is 7.04. The number of thiazole rings is 1. The van der Waals surface area contributed by atoms with Gasteiger partial charge < -0.3 is 9.84 Å². The molecule has 0 aliphatic heterocycles. The predicted molar refractivity (Wildman–Crippen MR) is 123 cm³/mol. The van der Waals surface area contributed by atoms with Gasteiger partial charge in [0.15, 0.2) is 4.34 Å². The number of methoxy groups -OCH3 is 1. The van der Waals surface area contributed by atoms with Gasteiger partial charge in [0.25, 0.3) is 10.0 Å². The monoisotopic (exact) mass is 476 g/mol. The molecule has 2 aromatic carbocycles. The highest BCUT2D eigenvalue weighted by Crippen LogP contribution is 2.33. The molecule has 0 unspecified atom stereocenters. The Hall–Kier alpha value is -2.82. The summed E-state index contributed by atoms with van der Waals surface area (Å²) in [6.07, 6.45) is 2.26. The van der Waals surface area contributed by atoms with E-state index in [-0.39, 0.29) is 10.6 Å². The third-order valence-electron chi connectivity index (χ3n) is 4.14. The largest absolute Gasteiger partial charge is 0.495 e. The van der Waals surface area contributed by atoms with Crippen molar-refractivity contribution >= 4 is 50.9 Å². The first-order chi connectivity index (χ1) is 14.7. The van der Waals surface area contributed by atoms with E-state index in [2.05, 4.69) is 9.71 Å². The lowest BCUT2D eigenvalue weighted by Crippen LogP contribution is -2.15. The molecule has 7 nitrogen and oxygen atoms in total. The first kappa shape index (κ1) is 22.9. The van der Waals surface area contributed by atoms with Crippen molar-refractivity contribution in [1.29, 1.82) is 0 Å². The van der Waals surface area contributed by atoms with Crippen LogP contribution in [0.3, 0.4) is 0 Å². The minimum Gasteiger partial charge on any atom is -0.495 e. The number of aromatic nitrogens is 1. The number of rotatable bonds is 8. The third-order valence-corrected chi connectivity index (χ3v) is 7.57. The Morgan fingerprint density at radius 3 is 2.61 bits per heavy atom. The summed E-state index contributed by atoms with van der Waals surface area (Å²) in [5.74, 6) is -0.969. The number of hydrogen-bond acceptors (Lipinski definition) is 7. The van der Waals surface area contributed by atoms with Gasteiger partial charge in [0.05, 0.1) is 12.8 Å². The van der Waals surface area contributed by atoms with Gasteiger partial charge >= 0.3 is 5.97 Å². The average molecular weight is 477 g/mol. The van der Waals surface area contributed by atoms with E-state index in [0.29, 0.717) is 11.3 Å². The average Bonchev–Trinajstić information content (AvgIpc) is 3.12. The summed E-state index contributed by atoms with van der Waals surface area (Å²) < 4.78 is 34.8. The molecule has 0 saturated carbocycles. The molecule has 0 fully saturated rings. The van der Waals surface area contributed by atoms with Gasteiger partial charge in [0, 0.05) is 22.0 Å². The van der Waals surface area contributed by atoms with E-state index < -0.39 is 16.0 Å². The molecule has 1 aromatic heterocycles. The van der Waals surface area contributed by atoms with Gasteiger partial charge in [-0.1, -0.05) is 17.8 Å².